The molecule has 0 bridgehead atoms. The zero-order valence-electron chi connectivity index (χ0n) is 9.26. The van der Waals surface area contributed by atoms with Crippen LogP contribution in [0.1, 0.15) is 18.1 Å². The SMILES string of the molecule is COc1ccc(Cl)cc1-n1nnnc1C(C)Cl. The summed E-state index contributed by atoms with van der Waals surface area (Å²) in [6, 6.07) is 5.21. The summed E-state index contributed by atoms with van der Waals surface area (Å²) < 4.78 is 6.76. The van der Waals surface area contributed by atoms with Crippen molar-refractivity contribution in [2.24, 2.45) is 0 Å². The Hall–Kier alpha value is -1.33. The lowest BCUT2D eigenvalue weighted by atomic mass is 10.3. The summed E-state index contributed by atoms with van der Waals surface area (Å²) in [5, 5.41) is 11.6. The molecule has 2 aromatic rings. The van der Waals surface area contributed by atoms with Crippen LogP contribution in [0.25, 0.3) is 5.69 Å². The summed E-state index contributed by atoms with van der Waals surface area (Å²) in [5.41, 5.74) is 0.660. The quantitative estimate of drug-likeness (QED) is 0.807. The lowest BCUT2D eigenvalue weighted by molar-refractivity contribution is 0.411. The normalized spacial score (nSPS) is 12.5. The van der Waals surface area contributed by atoms with Crippen LogP contribution in [0.5, 0.6) is 5.75 Å². The smallest absolute Gasteiger partial charge is 0.174 e. The van der Waals surface area contributed by atoms with Gasteiger partial charge in [-0.1, -0.05) is 11.6 Å². The first-order valence-electron chi connectivity index (χ1n) is 4.89. The standard InChI is InChI=1S/C10H10Cl2N4O/c1-6(11)10-13-14-15-16(10)8-5-7(12)3-4-9(8)17-2/h3-6H,1-2H3. The number of tetrazole rings is 1. The van der Waals surface area contributed by atoms with E-state index in [9.17, 15) is 0 Å². The van der Waals surface area contributed by atoms with Crippen molar-refractivity contribution >= 4 is 23.2 Å². The van der Waals surface area contributed by atoms with Gasteiger partial charge in [0, 0.05) is 5.02 Å². The van der Waals surface area contributed by atoms with E-state index in [4.69, 9.17) is 27.9 Å². The van der Waals surface area contributed by atoms with E-state index in [2.05, 4.69) is 15.5 Å². The number of nitrogens with zero attached hydrogens (tertiary/aromatic N) is 4. The fraction of sp³-hybridized carbons (Fsp3) is 0.300. The molecule has 7 heteroatoms. The minimum atomic E-state index is -0.311. The van der Waals surface area contributed by atoms with Crippen molar-refractivity contribution in [1.82, 2.24) is 20.2 Å². The Kier molecular flexibility index (Phi) is 3.49. The third kappa shape index (κ3) is 2.35. The second-order valence-corrected chi connectivity index (χ2v) is 4.47. The maximum atomic E-state index is 6.00. The van der Waals surface area contributed by atoms with Crippen molar-refractivity contribution in [1.29, 1.82) is 0 Å². The van der Waals surface area contributed by atoms with Crippen LogP contribution in [0.15, 0.2) is 18.2 Å². The van der Waals surface area contributed by atoms with Crippen LogP contribution in [0, 0.1) is 0 Å². The van der Waals surface area contributed by atoms with Crippen LogP contribution in [-0.4, -0.2) is 27.3 Å². The van der Waals surface area contributed by atoms with Gasteiger partial charge >= 0.3 is 0 Å². The average molecular weight is 273 g/mol. The van der Waals surface area contributed by atoms with E-state index in [-0.39, 0.29) is 5.38 Å². The highest BCUT2D eigenvalue weighted by atomic mass is 35.5. The average Bonchev–Trinajstić information content (AvgIpc) is 2.77. The molecule has 0 saturated heterocycles. The number of aromatic nitrogens is 4. The molecule has 1 aromatic heterocycles. The fourth-order valence-electron chi connectivity index (χ4n) is 1.44. The Morgan fingerprint density at radius 2 is 2.18 bits per heavy atom. The number of hydrogen-bond acceptors (Lipinski definition) is 4. The number of halogens is 2. The first-order valence-corrected chi connectivity index (χ1v) is 5.71. The summed E-state index contributed by atoms with van der Waals surface area (Å²) in [7, 11) is 1.57. The summed E-state index contributed by atoms with van der Waals surface area (Å²) in [4.78, 5) is 0. The molecule has 0 radical (unpaired) electrons. The van der Waals surface area contributed by atoms with Crippen LogP contribution in [0.4, 0.5) is 0 Å². The Bertz CT molecular complexity index is 527. The predicted octanol–water partition coefficient (Wildman–Crippen LogP) is 2.62. The van der Waals surface area contributed by atoms with Gasteiger partial charge in [0.05, 0.1) is 12.5 Å². The van der Waals surface area contributed by atoms with Crippen molar-refractivity contribution in [3.8, 4) is 11.4 Å². The first kappa shape index (κ1) is 12.1. The molecule has 0 aliphatic heterocycles. The molecule has 1 aromatic carbocycles. The molecule has 90 valence electrons. The van der Waals surface area contributed by atoms with E-state index in [1.54, 1.807) is 32.2 Å². The minimum absolute atomic E-state index is 0.311. The zero-order valence-corrected chi connectivity index (χ0v) is 10.8. The molecule has 1 heterocycles. The van der Waals surface area contributed by atoms with Gasteiger partial charge in [-0.15, -0.1) is 16.7 Å². The van der Waals surface area contributed by atoms with Crippen molar-refractivity contribution in [2.45, 2.75) is 12.3 Å². The molecule has 1 atom stereocenters. The van der Waals surface area contributed by atoms with Gasteiger partial charge in [-0.05, 0) is 35.5 Å². The van der Waals surface area contributed by atoms with E-state index in [1.165, 1.54) is 4.68 Å². The molecule has 0 N–H and O–H groups in total. The van der Waals surface area contributed by atoms with Crippen LogP contribution in [-0.2, 0) is 0 Å². The largest absolute Gasteiger partial charge is 0.494 e. The molecule has 0 fully saturated rings. The Balaban J connectivity index is 2.59. The van der Waals surface area contributed by atoms with Gasteiger partial charge in [0.2, 0.25) is 0 Å². The molecule has 1 unspecified atom stereocenters. The third-order valence-corrected chi connectivity index (χ3v) is 2.65. The monoisotopic (exact) mass is 272 g/mol. The maximum Gasteiger partial charge on any atom is 0.174 e. The molecule has 17 heavy (non-hydrogen) atoms. The van der Waals surface area contributed by atoms with Gasteiger partial charge in [-0.25, -0.2) is 0 Å². The highest BCUT2D eigenvalue weighted by Crippen LogP contribution is 2.28. The molecular formula is C10H10Cl2N4O. The van der Waals surface area contributed by atoms with Gasteiger partial charge in [0.15, 0.2) is 5.82 Å². The lowest BCUT2D eigenvalue weighted by Gasteiger charge is -2.10. The van der Waals surface area contributed by atoms with Gasteiger partial charge in [0.25, 0.3) is 0 Å². The van der Waals surface area contributed by atoms with E-state index in [0.29, 0.717) is 22.3 Å². The number of alkyl halides is 1. The van der Waals surface area contributed by atoms with E-state index >= 15 is 0 Å². The zero-order chi connectivity index (χ0) is 12.4. The first-order chi connectivity index (χ1) is 8.13. The van der Waals surface area contributed by atoms with Gasteiger partial charge in [-0.2, -0.15) is 4.68 Å². The fourth-order valence-corrected chi connectivity index (χ4v) is 1.74. The topological polar surface area (TPSA) is 52.8 Å². The van der Waals surface area contributed by atoms with E-state index < -0.39 is 0 Å². The van der Waals surface area contributed by atoms with E-state index in [1.807, 2.05) is 0 Å². The summed E-state index contributed by atoms with van der Waals surface area (Å²) in [6.45, 7) is 1.79. The van der Waals surface area contributed by atoms with Crippen LogP contribution >= 0.6 is 23.2 Å². The molecule has 0 spiro atoms. The number of benzene rings is 1. The molecule has 0 aliphatic rings. The molecular weight excluding hydrogens is 263 g/mol. The van der Waals surface area contributed by atoms with Gasteiger partial charge < -0.3 is 4.74 Å². The predicted molar refractivity (Wildman–Crippen MR) is 65.0 cm³/mol. The number of methoxy groups -OCH3 is 1. The van der Waals surface area contributed by atoms with Crippen molar-refractivity contribution in [3.05, 3.63) is 29.0 Å². The lowest BCUT2D eigenvalue weighted by Crippen LogP contribution is -2.05. The summed E-state index contributed by atoms with van der Waals surface area (Å²) >= 11 is 11.9. The highest BCUT2D eigenvalue weighted by molar-refractivity contribution is 6.30. The highest BCUT2D eigenvalue weighted by Gasteiger charge is 2.16. The minimum Gasteiger partial charge on any atom is -0.494 e. The van der Waals surface area contributed by atoms with Crippen LogP contribution in [0.3, 0.4) is 0 Å². The van der Waals surface area contributed by atoms with Gasteiger partial charge in [-0.3, -0.25) is 0 Å². The van der Waals surface area contributed by atoms with Crippen molar-refractivity contribution in [3.63, 3.8) is 0 Å². The van der Waals surface area contributed by atoms with E-state index in [0.717, 1.165) is 0 Å². The van der Waals surface area contributed by atoms with Crippen LogP contribution in [0.2, 0.25) is 5.02 Å². The van der Waals surface area contributed by atoms with Crippen molar-refractivity contribution in [2.75, 3.05) is 7.11 Å². The second-order valence-electron chi connectivity index (χ2n) is 3.38. The Labute approximate surface area is 108 Å². The van der Waals surface area contributed by atoms with Crippen LogP contribution < -0.4 is 4.74 Å². The summed E-state index contributed by atoms with van der Waals surface area (Å²) in [5.74, 6) is 1.16. The Morgan fingerprint density at radius 3 is 2.82 bits per heavy atom. The third-order valence-electron chi connectivity index (χ3n) is 2.22. The number of hydrogen-bond donors (Lipinski definition) is 0. The molecule has 0 saturated carbocycles. The van der Waals surface area contributed by atoms with Gasteiger partial charge in [0.1, 0.15) is 11.4 Å². The summed E-state index contributed by atoms with van der Waals surface area (Å²) in [6.07, 6.45) is 0. The Morgan fingerprint density at radius 1 is 1.41 bits per heavy atom. The molecule has 0 amide bonds. The molecule has 0 aliphatic carbocycles. The maximum absolute atomic E-state index is 6.00. The number of ether oxygens (including phenoxy) is 1. The van der Waals surface area contributed by atoms with Crippen molar-refractivity contribution < 1.29 is 4.74 Å². The molecule has 5 nitrogen and oxygen atoms in total. The molecule has 2 rings (SSSR count). The number of rotatable bonds is 3. The second kappa shape index (κ2) is 4.89.